The summed E-state index contributed by atoms with van der Waals surface area (Å²) in [5, 5.41) is 10.0. The van der Waals surface area contributed by atoms with E-state index in [0.29, 0.717) is 27.0 Å². The highest BCUT2D eigenvalue weighted by atomic mass is 35.5. The summed E-state index contributed by atoms with van der Waals surface area (Å²) < 4.78 is 5.54. The van der Waals surface area contributed by atoms with E-state index in [1.165, 1.54) is 17.0 Å². The lowest BCUT2D eigenvalue weighted by molar-refractivity contribution is -0.125. The third kappa shape index (κ3) is 2.92. The zero-order chi connectivity index (χ0) is 17.4. The van der Waals surface area contributed by atoms with Gasteiger partial charge in [-0.1, -0.05) is 29.3 Å². The molecule has 0 radical (unpaired) electrons. The van der Waals surface area contributed by atoms with Crippen LogP contribution in [0.2, 0.25) is 10.0 Å². The lowest BCUT2D eigenvalue weighted by Gasteiger charge is -2.33. The quantitative estimate of drug-likeness (QED) is 0.892. The summed E-state index contributed by atoms with van der Waals surface area (Å²) in [6.07, 6.45) is -0.734. The Morgan fingerprint density at radius 2 is 1.92 bits per heavy atom. The Bertz CT molecular complexity index is 817. The highest BCUT2D eigenvalue weighted by Gasteiger charge is 2.32. The van der Waals surface area contributed by atoms with Crippen molar-refractivity contribution in [2.75, 3.05) is 4.90 Å². The zero-order valence-corrected chi connectivity index (χ0v) is 14.1. The predicted molar refractivity (Wildman–Crippen MR) is 91.1 cm³/mol. The Kier molecular flexibility index (Phi) is 4.39. The molecule has 1 N–H and O–H groups in total. The first kappa shape index (κ1) is 16.6. The van der Waals surface area contributed by atoms with Gasteiger partial charge in [-0.3, -0.25) is 4.79 Å². The number of carboxylic acids is 1. The van der Waals surface area contributed by atoms with Gasteiger partial charge in [0.1, 0.15) is 5.75 Å². The zero-order valence-electron chi connectivity index (χ0n) is 12.6. The number of halogens is 2. The smallest absolute Gasteiger partial charge is 0.335 e. The van der Waals surface area contributed by atoms with Crippen LogP contribution < -0.4 is 9.64 Å². The minimum Gasteiger partial charge on any atom is -0.479 e. The molecule has 0 fully saturated rings. The molecular weight excluding hydrogens is 353 g/mol. The van der Waals surface area contributed by atoms with E-state index in [1.54, 1.807) is 31.2 Å². The van der Waals surface area contributed by atoms with Crippen LogP contribution in [-0.4, -0.2) is 23.1 Å². The van der Waals surface area contributed by atoms with E-state index >= 15 is 0 Å². The van der Waals surface area contributed by atoms with Crippen LogP contribution in [0.5, 0.6) is 5.75 Å². The summed E-state index contributed by atoms with van der Waals surface area (Å²) in [5.41, 5.74) is 1.20. The number of carbonyl (C=O) groups excluding carboxylic acids is 1. The number of rotatable bonds is 3. The van der Waals surface area contributed by atoms with Gasteiger partial charge in [0.05, 0.1) is 17.8 Å². The van der Waals surface area contributed by atoms with Crippen LogP contribution in [0.1, 0.15) is 22.8 Å². The Balaban J connectivity index is 2.05. The molecule has 0 aromatic heterocycles. The SMILES string of the molecule is CC1Oc2cc(C(=O)O)ccc2N(Cc2c(Cl)cccc2Cl)C1=O. The molecule has 1 amide bonds. The molecule has 2 aromatic rings. The third-order valence-electron chi connectivity index (χ3n) is 3.79. The second-order valence-electron chi connectivity index (χ2n) is 5.37. The van der Waals surface area contributed by atoms with Crippen molar-refractivity contribution in [1.29, 1.82) is 0 Å². The van der Waals surface area contributed by atoms with Crippen LogP contribution in [0, 0.1) is 0 Å². The summed E-state index contributed by atoms with van der Waals surface area (Å²) in [6.45, 7) is 1.78. The van der Waals surface area contributed by atoms with Gasteiger partial charge in [0.25, 0.3) is 5.91 Å². The van der Waals surface area contributed by atoms with E-state index < -0.39 is 12.1 Å². The molecule has 1 unspecified atom stereocenters. The van der Waals surface area contributed by atoms with Crippen LogP contribution in [0.3, 0.4) is 0 Å². The first-order chi connectivity index (χ1) is 11.4. The fourth-order valence-electron chi connectivity index (χ4n) is 2.55. The molecule has 124 valence electrons. The first-order valence-electron chi connectivity index (χ1n) is 7.16. The second kappa shape index (κ2) is 6.34. The maximum Gasteiger partial charge on any atom is 0.335 e. The largest absolute Gasteiger partial charge is 0.479 e. The van der Waals surface area contributed by atoms with Crippen molar-refractivity contribution in [1.82, 2.24) is 0 Å². The number of hydrogen-bond acceptors (Lipinski definition) is 3. The van der Waals surface area contributed by atoms with Gasteiger partial charge in [-0.15, -0.1) is 0 Å². The Morgan fingerprint density at radius 1 is 1.25 bits per heavy atom. The minimum absolute atomic E-state index is 0.0889. The van der Waals surface area contributed by atoms with E-state index in [2.05, 4.69) is 0 Å². The molecule has 1 aliphatic rings. The standard InChI is InChI=1S/C17H13Cl2NO4/c1-9-16(21)20(8-11-12(18)3-2-4-13(11)19)14-6-5-10(17(22)23)7-15(14)24-9/h2-7,9H,8H2,1H3,(H,22,23). The summed E-state index contributed by atoms with van der Waals surface area (Å²) in [7, 11) is 0. The van der Waals surface area contributed by atoms with Crippen molar-refractivity contribution in [3.8, 4) is 5.75 Å². The maximum atomic E-state index is 12.5. The molecule has 0 saturated carbocycles. The van der Waals surface area contributed by atoms with Crippen molar-refractivity contribution in [2.24, 2.45) is 0 Å². The van der Waals surface area contributed by atoms with E-state index in [-0.39, 0.29) is 18.0 Å². The number of hydrogen-bond donors (Lipinski definition) is 1. The molecule has 1 aliphatic heterocycles. The van der Waals surface area contributed by atoms with E-state index in [0.717, 1.165) is 0 Å². The number of nitrogens with zero attached hydrogens (tertiary/aromatic N) is 1. The molecule has 2 aromatic carbocycles. The number of fused-ring (bicyclic) bond motifs is 1. The molecule has 7 heteroatoms. The highest BCUT2D eigenvalue weighted by Crippen LogP contribution is 2.37. The molecule has 3 rings (SSSR count). The molecule has 5 nitrogen and oxygen atoms in total. The number of carboxylic acid groups (broad SMARTS) is 1. The molecule has 24 heavy (non-hydrogen) atoms. The summed E-state index contributed by atoms with van der Waals surface area (Å²) in [4.78, 5) is 25.2. The van der Waals surface area contributed by atoms with Gasteiger partial charge < -0.3 is 14.7 Å². The number of benzene rings is 2. The highest BCUT2D eigenvalue weighted by molar-refractivity contribution is 6.36. The van der Waals surface area contributed by atoms with Gasteiger partial charge in [-0.25, -0.2) is 4.79 Å². The van der Waals surface area contributed by atoms with Crippen LogP contribution >= 0.6 is 23.2 Å². The number of anilines is 1. The van der Waals surface area contributed by atoms with Crippen LogP contribution in [0.4, 0.5) is 5.69 Å². The van der Waals surface area contributed by atoms with Crippen molar-refractivity contribution in [3.05, 3.63) is 57.6 Å². The topological polar surface area (TPSA) is 66.8 Å². The van der Waals surface area contributed by atoms with Crippen LogP contribution in [-0.2, 0) is 11.3 Å². The average molecular weight is 366 g/mol. The minimum atomic E-state index is -1.06. The fraction of sp³-hybridized carbons (Fsp3) is 0.176. The van der Waals surface area contributed by atoms with Crippen molar-refractivity contribution in [3.63, 3.8) is 0 Å². The Hall–Kier alpha value is -2.24. The molecule has 0 aliphatic carbocycles. The summed E-state index contributed by atoms with van der Waals surface area (Å²) >= 11 is 12.4. The second-order valence-corrected chi connectivity index (χ2v) is 6.19. The van der Waals surface area contributed by atoms with Gasteiger partial charge in [0, 0.05) is 15.6 Å². The van der Waals surface area contributed by atoms with Crippen LogP contribution in [0.15, 0.2) is 36.4 Å². The van der Waals surface area contributed by atoms with Crippen molar-refractivity contribution >= 4 is 40.8 Å². The van der Waals surface area contributed by atoms with E-state index in [1.807, 2.05) is 0 Å². The Labute approximate surface area is 148 Å². The monoisotopic (exact) mass is 365 g/mol. The predicted octanol–water partition coefficient (Wildman–Crippen LogP) is 4.01. The summed E-state index contributed by atoms with van der Waals surface area (Å²) in [5.74, 6) is -0.974. The van der Waals surface area contributed by atoms with Gasteiger partial charge in [0.2, 0.25) is 0 Å². The molecule has 0 spiro atoms. The van der Waals surface area contributed by atoms with Gasteiger partial charge >= 0.3 is 5.97 Å². The summed E-state index contributed by atoms with van der Waals surface area (Å²) in [6, 6.07) is 9.51. The van der Waals surface area contributed by atoms with Gasteiger partial charge in [-0.2, -0.15) is 0 Å². The van der Waals surface area contributed by atoms with E-state index in [9.17, 15) is 9.59 Å². The van der Waals surface area contributed by atoms with Gasteiger partial charge in [0.15, 0.2) is 6.10 Å². The first-order valence-corrected chi connectivity index (χ1v) is 7.92. The van der Waals surface area contributed by atoms with E-state index in [4.69, 9.17) is 33.0 Å². The molecule has 0 saturated heterocycles. The average Bonchev–Trinajstić information content (AvgIpc) is 2.53. The van der Waals surface area contributed by atoms with Crippen LogP contribution in [0.25, 0.3) is 0 Å². The normalized spacial score (nSPS) is 16.5. The number of carbonyl (C=O) groups is 2. The molecule has 1 atom stereocenters. The van der Waals surface area contributed by atoms with Gasteiger partial charge in [-0.05, 0) is 37.3 Å². The van der Waals surface area contributed by atoms with Crippen molar-refractivity contribution in [2.45, 2.75) is 19.6 Å². The lowest BCUT2D eigenvalue weighted by atomic mass is 10.1. The van der Waals surface area contributed by atoms with Crippen molar-refractivity contribution < 1.29 is 19.4 Å². The maximum absolute atomic E-state index is 12.5. The number of ether oxygens (including phenoxy) is 1. The molecule has 0 bridgehead atoms. The Morgan fingerprint density at radius 3 is 2.54 bits per heavy atom. The number of amides is 1. The lowest BCUT2D eigenvalue weighted by Crippen LogP contribution is -2.44. The fourth-order valence-corrected chi connectivity index (χ4v) is 3.07. The third-order valence-corrected chi connectivity index (χ3v) is 4.50. The molecular formula is C17H13Cl2NO4. The molecule has 1 heterocycles. The number of aromatic carboxylic acids is 1.